The second-order valence-corrected chi connectivity index (χ2v) is 7.38. The summed E-state index contributed by atoms with van der Waals surface area (Å²) >= 11 is 6.10. The number of nitrogens with zero attached hydrogens (tertiary/aromatic N) is 2. The Morgan fingerprint density at radius 2 is 1.91 bits per heavy atom. The number of halogens is 4. The number of alkyl halides is 3. The lowest BCUT2D eigenvalue weighted by atomic mass is 10.1. The van der Waals surface area contributed by atoms with Crippen molar-refractivity contribution in [2.45, 2.75) is 12.6 Å². The first-order valence-corrected chi connectivity index (χ1v) is 10.1. The van der Waals surface area contributed by atoms with Crippen LogP contribution in [0.2, 0.25) is 5.02 Å². The van der Waals surface area contributed by atoms with Gasteiger partial charge in [-0.1, -0.05) is 41.9 Å². The van der Waals surface area contributed by atoms with E-state index in [4.69, 9.17) is 16.3 Å². The van der Waals surface area contributed by atoms with Crippen molar-refractivity contribution in [1.82, 2.24) is 20.1 Å². The zero-order chi connectivity index (χ0) is 22.7. The molecule has 0 aliphatic carbocycles. The van der Waals surface area contributed by atoms with E-state index >= 15 is 0 Å². The predicted octanol–water partition coefficient (Wildman–Crippen LogP) is 4.76. The molecule has 32 heavy (non-hydrogen) atoms. The molecule has 10 heteroatoms. The summed E-state index contributed by atoms with van der Waals surface area (Å²) in [4.78, 5) is 15.4. The van der Waals surface area contributed by atoms with Gasteiger partial charge in [0.05, 0.1) is 10.7 Å². The van der Waals surface area contributed by atoms with Gasteiger partial charge in [0.15, 0.2) is 12.3 Å². The van der Waals surface area contributed by atoms with Crippen molar-refractivity contribution in [2.24, 2.45) is 0 Å². The van der Waals surface area contributed by atoms with Gasteiger partial charge in [0, 0.05) is 29.7 Å². The first-order valence-electron chi connectivity index (χ1n) is 9.69. The number of carbonyl (C=O) groups excluding carboxylic acids is 1. The zero-order valence-electron chi connectivity index (χ0n) is 16.6. The number of aromatic nitrogens is 3. The minimum Gasteiger partial charge on any atom is -0.467 e. The average molecular weight is 463 g/mol. The highest BCUT2D eigenvalue weighted by Crippen LogP contribution is 2.33. The van der Waals surface area contributed by atoms with Crippen molar-refractivity contribution in [3.8, 4) is 11.6 Å². The number of fused-ring (bicyclic) bond motifs is 1. The molecule has 0 saturated carbocycles. The molecule has 4 rings (SSSR count). The van der Waals surface area contributed by atoms with Crippen molar-refractivity contribution in [2.75, 3.05) is 13.2 Å². The van der Waals surface area contributed by atoms with Crippen LogP contribution in [-0.4, -0.2) is 33.8 Å². The Hall–Kier alpha value is -3.46. The highest BCUT2D eigenvalue weighted by molar-refractivity contribution is 6.32. The SMILES string of the molecule is O=C(COc1cc(C(F)(F)F)nn1-c1ccccc1Cl)NCCc1c[nH]c2ccccc12. The highest BCUT2D eigenvalue weighted by atomic mass is 35.5. The summed E-state index contributed by atoms with van der Waals surface area (Å²) in [6.07, 6.45) is -2.20. The lowest BCUT2D eigenvalue weighted by molar-refractivity contribution is -0.141. The van der Waals surface area contributed by atoms with Crippen LogP contribution in [0.3, 0.4) is 0 Å². The number of hydrogen-bond acceptors (Lipinski definition) is 3. The summed E-state index contributed by atoms with van der Waals surface area (Å²) in [6, 6.07) is 14.8. The van der Waals surface area contributed by atoms with Crippen molar-refractivity contribution >= 4 is 28.4 Å². The largest absolute Gasteiger partial charge is 0.467 e. The van der Waals surface area contributed by atoms with E-state index in [1.165, 1.54) is 12.1 Å². The van der Waals surface area contributed by atoms with Crippen LogP contribution >= 0.6 is 11.6 Å². The van der Waals surface area contributed by atoms with Gasteiger partial charge in [-0.05, 0) is 30.2 Å². The molecule has 1 amide bonds. The number of ether oxygens (including phenoxy) is 1. The number of carbonyl (C=O) groups is 1. The molecule has 0 aliphatic rings. The van der Waals surface area contributed by atoms with Gasteiger partial charge in [0.25, 0.3) is 5.91 Å². The van der Waals surface area contributed by atoms with E-state index < -0.39 is 24.4 Å². The number of benzene rings is 2. The monoisotopic (exact) mass is 462 g/mol. The lowest BCUT2D eigenvalue weighted by Gasteiger charge is -2.10. The van der Waals surface area contributed by atoms with Gasteiger partial charge in [-0.25, -0.2) is 0 Å². The molecule has 2 heterocycles. The third-order valence-corrected chi connectivity index (χ3v) is 5.11. The van der Waals surface area contributed by atoms with Gasteiger partial charge in [-0.3, -0.25) is 4.79 Å². The zero-order valence-corrected chi connectivity index (χ0v) is 17.4. The van der Waals surface area contributed by atoms with E-state index in [-0.39, 0.29) is 16.6 Å². The average Bonchev–Trinajstić information content (AvgIpc) is 3.37. The molecule has 2 N–H and O–H groups in total. The molecule has 2 aromatic carbocycles. The summed E-state index contributed by atoms with van der Waals surface area (Å²) in [6.45, 7) is -0.122. The van der Waals surface area contributed by atoms with Crippen LogP contribution in [0.4, 0.5) is 13.2 Å². The van der Waals surface area contributed by atoms with E-state index in [0.717, 1.165) is 27.2 Å². The molecule has 0 spiro atoms. The van der Waals surface area contributed by atoms with Crippen LogP contribution in [0.15, 0.2) is 60.8 Å². The second-order valence-electron chi connectivity index (χ2n) is 6.98. The molecule has 4 aromatic rings. The van der Waals surface area contributed by atoms with Gasteiger partial charge in [-0.15, -0.1) is 0 Å². The molecule has 0 aliphatic heterocycles. The number of H-pyrrole nitrogens is 1. The highest BCUT2D eigenvalue weighted by Gasteiger charge is 2.36. The molecular formula is C22H18ClF3N4O2. The summed E-state index contributed by atoms with van der Waals surface area (Å²) in [5, 5.41) is 7.53. The number of aromatic amines is 1. The standard InChI is InChI=1S/C22H18ClF3N4O2/c23-16-6-2-4-8-18(16)30-21(11-19(29-30)22(24,25)26)32-13-20(31)27-10-9-14-12-28-17-7-3-1-5-15(14)17/h1-8,11-12,28H,9-10,13H2,(H,27,31). The van der Waals surface area contributed by atoms with Gasteiger partial charge in [0.1, 0.15) is 0 Å². The van der Waals surface area contributed by atoms with Crippen LogP contribution in [-0.2, 0) is 17.4 Å². The Labute approximate surface area is 185 Å². The van der Waals surface area contributed by atoms with Crippen molar-refractivity contribution in [3.05, 3.63) is 77.1 Å². The van der Waals surface area contributed by atoms with Crippen LogP contribution in [0, 0.1) is 0 Å². The van der Waals surface area contributed by atoms with E-state index in [1.54, 1.807) is 12.1 Å². The van der Waals surface area contributed by atoms with Crippen LogP contribution in [0.25, 0.3) is 16.6 Å². The minimum absolute atomic E-state index is 0.192. The molecule has 0 unspecified atom stereocenters. The molecule has 0 atom stereocenters. The fourth-order valence-electron chi connectivity index (χ4n) is 3.27. The third-order valence-electron chi connectivity index (χ3n) is 4.79. The first kappa shape index (κ1) is 21.8. The summed E-state index contributed by atoms with van der Waals surface area (Å²) in [7, 11) is 0. The van der Waals surface area contributed by atoms with E-state index in [2.05, 4.69) is 15.4 Å². The smallest absolute Gasteiger partial charge is 0.435 e. The third kappa shape index (κ3) is 4.72. The number of hydrogen-bond donors (Lipinski definition) is 2. The maximum atomic E-state index is 13.2. The van der Waals surface area contributed by atoms with Crippen LogP contribution in [0.1, 0.15) is 11.3 Å². The molecule has 6 nitrogen and oxygen atoms in total. The van der Waals surface area contributed by atoms with E-state index in [9.17, 15) is 18.0 Å². The van der Waals surface area contributed by atoms with Gasteiger partial charge >= 0.3 is 6.18 Å². The normalized spacial score (nSPS) is 11.6. The number of nitrogens with one attached hydrogen (secondary N) is 2. The quantitative estimate of drug-likeness (QED) is 0.416. The van der Waals surface area contributed by atoms with Gasteiger partial charge < -0.3 is 15.0 Å². The maximum Gasteiger partial charge on any atom is 0.435 e. The number of para-hydroxylation sites is 2. The van der Waals surface area contributed by atoms with E-state index in [1.807, 2.05) is 30.5 Å². The summed E-state index contributed by atoms with van der Waals surface area (Å²) < 4.78 is 45.8. The molecule has 166 valence electrons. The van der Waals surface area contributed by atoms with Crippen molar-refractivity contribution < 1.29 is 22.7 Å². The Balaban J connectivity index is 1.41. The van der Waals surface area contributed by atoms with Crippen LogP contribution < -0.4 is 10.1 Å². The second kappa shape index (κ2) is 8.96. The lowest BCUT2D eigenvalue weighted by Crippen LogP contribution is -2.30. The van der Waals surface area contributed by atoms with Gasteiger partial charge in [0.2, 0.25) is 5.88 Å². The Morgan fingerprint density at radius 3 is 2.69 bits per heavy atom. The first-order chi connectivity index (χ1) is 15.3. The molecule has 0 bridgehead atoms. The molecule has 0 saturated heterocycles. The number of amides is 1. The molecule has 0 radical (unpaired) electrons. The summed E-state index contributed by atoms with van der Waals surface area (Å²) in [5.41, 5.74) is 1.12. The summed E-state index contributed by atoms with van der Waals surface area (Å²) in [5.74, 6) is -0.706. The van der Waals surface area contributed by atoms with E-state index in [0.29, 0.717) is 13.0 Å². The van der Waals surface area contributed by atoms with Crippen molar-refractivity contribution in [1.29, 1.82) is 0 Å². The Morgan fingerprint density at radius 1 is 1.16 bits per heavy atom. The van der Waals surface area contributed by atoms with Crippen LogP contribution in [0.5, 0.6) is 5.88 Å². The molecular weight excluding hydrogens is 445 g/mol. The Bertz CT molecular complexity index is 1250. The van der Waals surface area contributed by atoms with Gasteiger partial charge in [-0.2, -0.15) is 23.0 Å². The number of rotatable bonds is 7. The Kier molecular flexibility index (Phi) is 6.09. The molecule has 0 fully saturated rings. The topological polar surface area (TPSA) is 71.9 Å². The fourth-order valence-corrected chi connectivity index (χ4v) is 3.48. The predicted molar refractivity (Wildman–Crippen MR) is 114 cm³/mol. The maximum absolute atomic E-state index is 13.2. The minimum atomic E-state index is -4.67. The fraction of sp³-hybridized carbons (Fsp3) is 0.182. The van der Waals surface area contributed by atoms with Crippen molar-refractivity contribution in [3.63, 3.8) is 0 Å². The molecule has 2 aromatic heterocycles.